The summed E-state index contributed by atoms with van der Waals surface area (Å²) in [5.74, 6) is -0.417. The highest BCUT2D eigenvalue weighted by Gasteiger charge is 2.45. The van der Waals surface area contributed by atoms with Gasteiger partial charge in [-0.2, -0.15) is 0 Å². The van der Waals surface area contributed by atoms with Crippen molar-refractivity contribution in [3.05, 3.63) is 24.3 Å². The van der Waals surface area contributed by atoms with Crippen LogP contribution in [0, 0.1) is 5.92 Å². The molecule has 1 aromatic rings. The van der Waals surface area contributed by atoms with Crippen molar-refractivity contribution in [3.63, 3.8) is 0 Å². The summed E-state index contributed by atoms with van der Waals surface area (Å²) in [6.45, 7) is 2.19. The van der Waals surface area contributed by atoms with E-state index in [1.54, 1.807) is 24.3 Å². The monoisotopic (exact) mass is 327 g/mol. The average molecular weight is 327 g/mol. The zero-order valence-corrected chi connectivity index (χ0v) is 13.7. The number of carboxylic acid groups (broad SMARTS) is 1. The zero-order valence-electron chi connectivity index (χ0n) is 12.8. The molecule has 2 N–H and O–H groups in total. The molecular formula is C15H22NO5P. The van der Waals surface area contributed by atoms with Gasteiger partial charge in [0, 0.05) is 17.5 Å². The second-order valence-corrected chi connectivity index (χ2v) is 8.59. The van der Waals surface area contributed by atoms with E-state index in [0.29, 0.717) is 17.5 Å². The van der Waals surface area contributed by atoms with Crippen LogP contribution in [0.1, 0.15) is 26.2 Å². The van der Waals surface area contributed by atoms with Gasteiger partial charge in [0.2, 0.25) is 7.29 Å². The third kappa shape index (κ3) is 3.19. The summed E-state index contributed by atoms with van der Waals surface area (Å²) in [6.07, 6.45) is 1.21. The molecule has 3 atom stereocenters. The maximum absolute atomic E-state index is 13.6. The Kier molecular flexibility index (Phi) is 5.27. The van der Waals surface area contributed by atoms with Crippen molar-refractivity contribution < 1.29 is 24.4 Å². The van der Waals surface area contributed by atoms with Gasteiger partial charge in [0.05, 0.1) is 13.5 Å². The van der Waals surface area contributed by atoms with E-state index in [-0.39, 0.29) is 18.9 Å². The van der Waals surface area contributed by atoms with E-state index < -0.39 is 18.9 Å². The number of hydroxylamine groups is 1. The molecule has 1 saturated heterocycles. The van der Waals surface area contributed by atoms with Crippen LogP contribution in [0.4, 0.5) is 0 Å². The molecule has 22 heavy (non-hydrogen) atoms. The fraction of sp³-hybridized carbons (Fsp3) is 0.533. The third-order valence-electron chi connectivity index (χ3n) is 4.29. The molecular weight excluding hydrogens is 305 g/mol. The highest BCUT2D eigenvalue weighted by Crippen LogP contribution is 2.58. The Labute approximate surface area is 130 Å². The van der Waals surface area contributed by atoms with E-state index in [1.165, 1.54) is 7.11 Å². The minimum atomic E-state index is -3.40. The smallest absolute Gasteiger partial charge is 0.304 e. The number of ether oxygens (including phenoxy) is 1. The number of aliphatic carboxylic acids is 1. The summed E-state index contributed by atoms with van der Waals surface area (Å²) in [5, 5.41) is 20.0. The molecule has 0 aromatic heterocycles. The van der Waals surface area contributed by atoms with Gasteiger partial charge in [-0.15, -0.1) is 4.83 Å². The molecule has 0 spiro atoms. The van der Waals surface area contributed by atoms with E-state index in [0.717, 1.165) is 11.3 Å². The van der Waals surface area contributed by atoms with E-state index in [9.17, 15) is 19.7 Å². The van der Waals surface area contributed by atoms with Crippen LogP contribution < -0.4 is 10.0 Å². The molecule has 0 radical (unpaired) electrons. The molecule has 122 valence electrons. The van der Waals surface area contributed by atoms with Gasteiger partial charge in [-0.1, -0.05) is 6.92 Å². The lowest BCUT2D eigenvalue weighted by atomic mass is 9.99. The third-order valence-corrected chi connectivity index (χ3v) is 7.81. The van der Waals surface area contributed by atoms with Crippen molar-refractivity contribution in [3.8, 4) is 5.75 Å². The number of nitrogens with zero attached hydrogens (tertiary/aromatic N) is 1. The molecule has 1 aliphatic rings. The summed E-state index contributed by atoms with van der Waals surface area (Å²) in [7, 11) is -1.86. The quantitative estimate of drug-likeness (QED) is 0.827. The highest BCUT2D eigenvalue weighted by atomic mass is 31.2. The van der Waals surface area contributed by atoms with Gasteiger partial charge in [-0.25, -0.2) is 0 Å². The number of methoxy groups -OCH3 is 1. The van der Waals surface area contributed by atoms with Crippen LogP contribution in [-0.2, 0) is 9.36 Å². The van der Waals surface area contributed by atoms with Gasteiger partial charge in [-0.3, -0.25) is 9.36 Å². The van der Waals surface area contributed by atoms with Crippen molar-refractivity contribution >= 4 is 18.6 Å². The van der Waals surface area contributed by atoms with Gasteiger partial charge < -0.3 is 15.1 Å². The minimum absolute atomic E-state index is 0.0406. The highest BCUT2D eigenvalue weighted by molar-refractivity contribution is 7.69. The Morgan fingerprint density at radius 3 is 2.59 bits per heavy atom. The van der Waals surface area contributed by atoms with E-state index in [4.69, 9.17) is 4.74 Å². The van der Waals surface area contributed by atoms with Crippen LogP contribution in [0.5, 0.6) is 5.75 Å². The molecule has 1 aliphatic heterocycles. The first kappa shape index (κ1) is 17.0. The second-order valence-electron chi connectivity index (χ2n) is 5.70. The molecule has 0 saturated carbocycles. The van der Waals surface area contributed by atoms with Crippen molar-refractivity contribution in [1.29, 1.82) is 0 Å². The van der Waals surface area contributed by atoms with Gasteiger partial charge in [0.1, 0.15) is 5.75 Å². The van der Waals surface area contributed by atoms with Gasteiger partial charge >= 0.3 is 5.97 Å². The number of benzene rings is 1. The van der Waals surface area contributed by atoms with Crippen molar-refractivity contribution in [2.75, 3.05) is 13.7 Å². The van der Waals surface area contributed by atoms with Crippen LogP contribution in [0.2, 0.25) is 0 Å². The number of carbonyl (C=O) groups is 1. The second kappa shape index (κ2) is 6.82. The first-order chi connectivity index (χ1) is 10.4. The zero-order chi connectivity index (χ0) is 16.3. The van der Waals surface area contributed by atoms with Gasteiger partial charge in [0.15, 0.2) is 0 Å². The molecule has 7 heteroatoms. The summed E-state index contributed by atoms with van der Waals surface area (Å²) in [5.41, 5.74) is -0.606. The minimum Gasteiger partial charge on any atom is -0.497 e. The molecule has 0 amide bonds. The standard InChI is InChI=1S/C15H22NO5P/c1-11-4-3-9-16(19)22(20,14(11)10-15(17)18)13-7-5-12(21-2)6-8-13/h5-8,11,14,19H,3-4,9-10H2,1-2H3,(H,17,18). The Morgan fingerprint density at radius 2 is 2.05 bits per heavy atom. The van der Waals surface area contributed by atoms with Crippen LogP contribution in [0.3, 0.4) is 0 Å². The van der Waals surface area contributed by atoms with Crippen LogP contribution in [0.25, 0.3) is 0 Å². The number of hydrogen-bond donors (Lipinski definition) is 2. The molecule has 0 bridgehead atoms. The fourth-order valence-corrected chi connectivity index (χ4v) is 6.29. The lowest BCUT2D eigenvalue weighted by Crippen LogP contribution is -2.33. The van der Waals surface area contributed by atoms with E-state index in [2.05, 4.69) is 0 Å². The first-order valence-corrected chi connectivity index (χ1v) is 9.05. The predicted octanol–water partition coefficient (Wildman–Crippen LogP) is 2.56. The Balaban J connectivity index is 2.49. The van der Waals surface area contributed by atoms with E-state index in [1.807, 2.05) is 6.92 Å². The lowest BCUT2D eigenvalue weighted by Gasteiger charge is -2.33. The van der Waals surface area contributed by atoms with Crippen LogP contribution >= 0.6 is 7.29 Å². The summed E-state index contributed by atoms with van der Waals surface area (Å²) < 4.78 is 18.7. The predicted molar refractivity (Wildman–Crippen MR) is 83.2 cm³/mol. The molecule has 0 aliphatic carbocycles. The van der Waals surface area contributed by atoms with Gasteiger partial charge in [0.25, 0.3) is 0 Å². The summed E-state index contributed by atoms with van der Waals surface area (Å²) >= 11 is 0. The molecule has 3 unspecified atom stereocenters. The largest absolute Gasteiger partial charge is 0.497 e. The molecule has 6 nitrogen and oxygen atoms in total. The van der Waals surface area contributed by atoms with Crippen molar-refractivity contribution in [1.82, 2.24) is 4.83 Å². The normalized spacial score (nSPS) is 29.8. The number of rotatable bonds is 4. The van der Waals surface area contributed by atoms with Crippen LogP contribution in [-0.4, -0.2) is 40.4 Å². The summed E-state index contributed by atoms with van der Waals surface area (Å²) in [6, 6.07) is 6.65. The Bertz CT molecular complexity index is 574. The SMILES string of the molecule is COc1ccc(P2(=O)C(CC(=O)O)C(C)CCCN2O)cc1. The number of carboxylic acids is 1. The maximum Gasteiger partial charge on any atom is 0.304 e. The first-order valence-electron chi connectivity index (χ1n) is 7.32. The lowest BCUT2D eigenvalue weighted by molar-refractivity contribution is -0.137. The molecule has 2 rings (SSSR count). The van der Waals surface area contributed by atoms with Crippen molar-refractivity contribution in [2.24, 2.45) is 5.92 Å². The maximum atomic E-state index is 13.6. The Hall–Kier alpha value is -1.36. The van der Waals surface area contributed by atoms with Crippen molar-refractivity contribution in [2.45, 2.75) is 31.8 Å². The van der Waals surface area contributed by atoms with E-state index >= 15 is 0 Å². The Morgan fingerprint density at radius 1 is 1.41 bits per heavy atom. The summed E-state index contributed by atoms with van der Waals surface area (Å²) in [4.78, 5) is 12.1. The topological polar surface area (TPSA) is 87.1 Å². The fourth-order valence-electron chi connectivity index (χ4n) is 3.04. The average Bonchev–Trinajstić information content (AvgIpc) is 2.60. The van der Waals surface area contributed by atoms with Crippen LogP contribution in [0.15, 0.2) is 24.3 Å². The molecule has 1 aromatic carbocycles. The molecule has 1 fully saturated rings. The van der Waals surface area contributed by atoms with Gasteiger partial charge in [-0.05, 0) is 43.0 Å². The number of hydrogen-bond acceptors (Lipinski definition) is 4. The molecule has 1 heterocycles.